The first-order valence-electron chi connectivity index (χ1n) is 11.5. The molecule has 5 rings (SSSR count). The van der Waals surface area contributed by atoms with E-state index in [-0.39, 0.29) is 22.8 Å². The van der Waals surface area contributed by atoms with Crippen LogP contribution in [-0.4, -0.2) is 29.7 Å². The summed E-state index contributed by atoms with van der Waals surface area (Å²) < 4.78 is 46.5. The third kappa shape index (κ3) is 4.41. The standard InChI is InChI=1S/C27H27BrN2O5S/c1-33-24-12-16(13-25(34-2)27(24)35-3)26-21-9-5-8-20(21)22-15-19(10-11-23(22)29-26)36(31,32)30-18-7-4-6-17(28)14-18/h4-8,10-15,20-21,26,29-30H,9H2,1-3H3/t20-,21+,26+/m0/s1. The van der Waals surface area contributed by atoms with E-state index < -0.39 is 10.0 Å². The Morgan fingerprint density at radius 3 is 2.39 bits per heavy atom. The fourth-order valence-electron chi connectivity index (χ4n) is 5.12. The second-order valence-electron chi connectivity index (χ2n) is 8.80. The molecule has 0 saturated heterocycles. The molecule has 7 nitrogen and oxygen atoms in total. The highest BCUT2D eigenvalue weighted by molar-refractivity contribution is 9.10. The van der Waals surface area contributed by atoms with E-state index in [1.54, 1.807) is 51.7 Å². The fourth-order valence-corrected chi connectivity index (χ4v) is 6.60. The van der Waals surface area contributed by atoms with E-state index in [1.807, 2.05) is 24.3 Å². The molecule has 0 unspecified atom stereocenters. The maximum atomic E-state index is 13.2. The summed E-state index contributed by atoms with van der Waals surface area (Å²) in [4.78, 5) is 0.230. The van der Waals surface area contributed by atoms with Gasteiger partial charge in [0, 0.05) is 21.8 Å². The lowest BCUT2D eigenvalue weighted by Gasteiger charge is -2.38. The van der Waals surface area contributed by atoms with Crippen molar-refractivity contribution in [3.8, 4) is 17.2 Å². The molecule has 9 heteroatoms. The molecule has 1 aliphatic heterocycles. The Morgan fingerprint density at radius 1 is 0.972 bits per heavy atom. The molecule has 0 aromatic heterocycles. The number of rotatable bonds is 7. The monoisotopic (exact) mass is 570 g/mol. The van der Waals surface area contributed by atoms with Gasteiger partial charge in [0.25, 0.3) is 10.0 Å². The highest BCUT2D eigenvalue weighted by Crippen LogP contribution is 2.52. The molecule has 0 fully saturated rings. The zero-order chi connectivity index (χ0) is 25.4. The number of methoxy groups -OCH3 is 3. The van der Waals surface area contributed by atoms with Crippen molar-refractivity contribution in [2.24, 2.45) is 5.92 Å². The van der Waals surface area contributed by atoms with Gasteiger partial charge in [-0.1, -0.05) is 34.1 Å². The normalized spacial score (nSPS) is 20.2. The van der Waals surface area contributed by atoms with Gasteiger partial charge in [-0.05, 0) is 72.0 Å². The number of sulfonamides is 1. The predicted molar refractivity (Wildman–Crippen MR) is 144 cm³/mol. The summed E-state index contributed by atoms with van der Waals surface area (Å²) in [6.07, 6.45) is 5.21. The van der Waals surface area contributed by atoms with Crippen LogP contribution in [0.3, 0.4) is 0 Å². The van der Waals surface area contributed by atoms with Gasteiger partial charge in [0.05, 0.1) is 32.3 Å². The van der Waals surface area contributed by atoms with Crippen molar-refractivity contribution < 1.29 is 22.6 Å². The van der Waals surface area contributed by atoms with E-state index in [2.05, 4.69) is 38.1 Å². The van der Waals surface area contributed by atoms with E-state index in [0.717, 1.165) is 27.7 Å². The molecule has 3 aromatic carbocycles. The van der Waals surface area contributed by atoms with E-state index in [0.29, 0.717) is 22.9 Å². The van der Waals surface area contributed by atoms with Crippen molar-refractivity contribution in [2.75, 3.05) is 31.4 Å². The number of nitrogens with one attached hydrogen (secondary N) is 2. The predicted octanol–water partition coefficient (Wildman–Crippen LogP) is 6.10. The quantitative estimate of drug-likeness (QED) is 0.334. The molecule has 0 saturated carbocycles. The van der Waals surface area contributed by atoms with Crippen molar-refractivity contribution >= 4 is 37.3 Å². The Bertz CT molecular complexity index is 1410. The van der Waals surface area contributed by atoms with Gasteiger partial charge in [0.2, 0.25) is 5.75 Å². The minimum atomic E-state index is -3.75. The van der Waals surface area contributed by atoms with Crippen LogP contribution < -0.4 is 24.2 Å². The lowest BCUT2D eigenvalue weighted by molar-refractivity contribution is 0.322. The lowest BCUT2D eigenvalue weighted by Crippen LogP contribution is -2.29. The van der Waals surface area contributed by atoms with E-state index in [1.165, 1.54) is 0 Å². The number of fused-ring (bicyclic) bond motifs is 3. The van der Waals surface area contributed by atoms with Gasteiger partial charge >= 0.3 is 0 Å². The second kappa shape index (κ2) is 9.71. The van der Waals surface area contributed by atoms with Crippen molar-refractivity contribution in [3.63, 3.8) is 0 Å². The molecule has 2 N–H and O–H groups in total. The Balaban J connectivity index is 1.51. The maximum Gasteiger partial charge on any atom is 0.261 e. The molecule has 1 aliphatic carbocycles. The molecule has 0 bridgehead atoms. The largest absolute Gasteiger partial charge is 0.493 e. The van der Waals surface area contributed by atoms with Gasteiger partial charge in [-0.3, -0.25) is 4.72 Å². The van der Waals surface area contributed by atoms with Crippen LogP contribution in [-0.2, 0) is 10.0 Å². The van der Waals surface area contributed by atoms with Gasteiger partial charge in [-0.25, -0.2) is 8.42 Å². The molecular formula is C27H27BrN2O5S. The molecule has 0 radical (unpaired) electrons. The van der Waals surface area contributed by atoms with Crippen molar-refractivity contribution in [3.05, 3.63) is 82.3 Å². The Morgan fingerprint density at radius 2 is 1.72 bits per heavy atom. The third-order valence-electron chi connectivity index (χ3n) is 6.77. The van der Waals surface area contributed by atoms with Crippen LogP contribution >= 0.6 is 15.9 Å². The van der Waals surface area contributed by atoms with Crippen molar-refractivity contribution in [1.29, 1.82) is 0 Å². The Labute approximate surface area is 219 Å². The third-order valence-corrected chi connectivity index (χ3v) is 8.64. The Hall–Kier alpha value is -3.17. The van der Waals surface area contributed by atoms with Crippen LogP contribution in [0, 0.1) is 5.92 Å². The maximum absolute atomic E-state index is 13.2. The summed E-state index contributed by atoms with van der Waals surface area (Å²) >= 11 is 3.38. The van der Waals surface area contributed by atoms with E-state index >= 15 is 0 Å². The first-order chi connectivity index (χ1) is 17.3. The first kappa shape index (κ1) is 24.5. The molecular weight excluding hydrogens is 544 g/mol. The summed E-state index contributed by atoms with van der Waals surface area (Å²) in [6, 6.07) is 16.3. The van der Waals surface area contributed by atoms with Crippen LogP contribution in [0.4, 0.5) is 11.4 Å². The Kier molecular flexibility index (Phi) is 6.61. The fraction of sp³-hybridized carbons (Fsp3) is 0.259. The number of hydrogen-bond donors (Lipinski definition) is 2. The highest BCUT2D eigenvalue weighted by atomic mass is 79.9. The minimum absolute atomic E-state index is 0.0199. The van der Waals surface area contributed by atoms with E-state index in [4.69, 9.17) is 14.2 Å². The van der Waals surface area contributed by atoms with Crippen LogP contribution in [0.15, 0.2) is 76.1 Å². The SMILES string of the molecule is COc1cc([C@H]2Nc3ccc(S(=O)(=O)Nc4cccc(Br)c4)cc3[C@H]3C=CC[C@H]32)cc(OC)c1OC. The number of anilines is 2. The summed E-state index contributed by atoms with van der Waals surface area (Å²) in [5, 5.41) is 3.65. The topological polar surface area (TPSA) is 85.9 Å². The number of allylic oxidation sites excluding steroid dienone is 2. The second-order valence-corrected chi connectivity index (χ2v) is 11.4. The number of halogens is 1. The van der Waals surface area contributed by atoms with Gasteiger partial charge in [-0.2, -0.15) is 0 Å². The molecule has 3 atom stereocenters. The summed E-state index contributed by atoms with van der Waals surface area (Å²) in [7, 11) is 1.04. The van der Waals surface area contributed by atoms with Crippen LogP contribution in [0.5, 0.6) is 17.2 Å². The van der Waals surface area contributed by atoms with Crippen LogP contribution in [0.2, 0.25) is 0 Å². The molecule has 2 aliphatic rings. The van der Waals surface area contributed by atoms with Crippen LogP contribution in [0.1, 0.15) is 29.5 Å². The molecule has 1 heterocycles. The minimum Gasteiger partial charge on any atom is -0.493 e. The summed E-state index contributed by atoms with van der Waals surface area (Å²) in [5.74, 6) is 2.03. The number of hydrogen-bond acceptors (Lipinski definition) is 6. The first-order valence-corrected chi connectivity index (χ1v) is 13.8. The van der Waals surface area contributed by atoms with Crippen molar-refractivity contribution in [1.82, 2.24) is 0 Å². The van der Waals surface area contributed by atoms with Gasteiger partial charge in [-0.15, -0.1) is 0 Å². The number of benzene rings is 3. The van der Waals surface area contributed by atoms with E-state index in [9.17, 15) is 8.42 Å². The lowest BCUT2D eigenvalue weighted by atomic mass is 9.77. The van der Waals surface area contributed by atoms with Gasteiger partial charge in [0.1, 0.15) is 0 Å². The molecule has 3 aromatic rings. The molecule has 188 valence electrons. The zero-order valence-corrected chi connectivity index (χ0v) is 22.5. The van der Waals surface area contributed by atoms with Crippen LogP contribution in [0.25, 0.3) is 0 Å². The average molecular weight is 571 g/mol. The highest BCUT2D eigenvalue weighted by Gasteiger charge is 2.39. The smallest absolute Gasteiger partial charge is 0.261 e. The molecule has 0 spiro atoms. The average Bonchev–Trinajstić information content (AvgIpc) is 3.37. The molecule has 0 amide bonds. The molecule has 36 heavy (non-hydrogen) atoms. The van der Waals surface area contributed by atoms with Gasteiger partial charge in [0.15, 0.2) is 11.5 Å². The number of ether oxygens (including phenoxy) is 3. The summed E-state index contributed by atoms with van der Waals surface area (Å²) in [5.41, 5.74) is 3.39. The van der Waals surface area contributed by atoms with Crippen molar-refractivity contribution in [2.45, 2.75) is 23.3 Å². The van der Waals surface area contributed by atoms with Gasteiger partial charge < -0.3 is 19.5 Å². The summed E-state index contributed by atoms with van der Waals surface area (Å²) in [6.45, 7) is 0. The zero-order valence-electron chi connectivity index (χ0n) is 20.1.